The molecular formula is C16H12O3. The van der Waals surface area contributed by atoms with Crippen molar-refractivity contribution < 1.29 is 14.6 Å². The minimum absolute atomic E-state index is 0.116. The lowest BCUT2D eigenvalue weighted by Crippen LogP contribution is -2.03. The first kappa shape index (κ1) is 12.7. The van der Waals surface area contributed by atoms with Crippen molar-refractivity contribution in [2.45, 2.75) is 0 Å². The van der Waals surface area contributed by atoms with Crippen molar-refractivity contribution >= 4 is 5.97 Å². The van der Waals surface area contributed by atoms with Crippen LogP contribution in [-0.2, 0) is 4.74 Å². The van der Waals surface area contributed by atoms with Crippen LogP contribution in [0, 0.1) is 11.8 Å². The number of ether oxygens (including phenoxy) is 1. The van der Waals surface area contributed by atoms with Gasteiger partial charge in [-0.3, -0.25) is 0 Å². The van der Waals surface area contributed by atoms with Gasteiger partial charge in [-0.2, -0.15) is 0 Å². The maximum absolute atomic E-state index is 11.6. The summed E-state index contributed by atoms with van der Waals surface area (Å²) in [5.41, 5.74) is 1.49. The first-order chi connectivity index (χ1) is 9.22. The third kappa shape index (κ3) is 2.93. The number of methoxy groups -OCH3 is 1. The Morgan fingerprint density at radius 2 is 1.58 bits per heavy atom. The lowest BCUT2D eigenvalue weighted by atomic mass is 10.1. The number of hydrogen-bond acceptors (Lipinski definition) is 3. The van der Waals surface area contributed by atoms with Crippen LogP contribution in [0.3, 0.4) is 0 Å². The fourth-order valence-corrected chi connectivity index (χ4v) is 1.59. The number of esters is 1. The van der Waals surface area contributed by atoms with Crippen LogP contribution in [0.25, 0.3) is 0 Å². The normalized spacial score (nSPS) is 9.32. The Balaban J connectivity index is 2.41. The summed E-state index contributed by atoms with van der Waals surface area (Å²) in [6.45, 7) is 0. The Morgan fingerprint density at radius 1 is 1.00 bits per heavy atom. The Kier molecular flexibility index (Phi) is 3.84. The summed E-state index contributed by atoms with van der Waals surface area (Å²) >= 11 is 0. The largest absolute Gasteiger partial charge is 0.507 e. The second kappa shape index (κ2) is 5.74. The number of carbonyl (C=O) groups is 1. The number of rotatable bonds is 1. The molecule has 0 aromatic heterocycles. The lowest BCUT2D eigenvalue weighted by molar-refractivity contribution is 0.0600. The molecule has 0 aliphatic carbocycles. The number of benzene rings is 2. The molecule has 2 aromatic carbocycles. The molecule has 3 heteroatoms. The molecule has 0 amide bonds. The molecule has 0 heterocycles. The van der Waals surface area contributed by atoms with E-state index in [1.54, 1.807) is 48.5 Å². The fraction of sp³-hybridized carbons (Fsp3) is 0.0625. The number of phenolic OH excluding ortho intramolecular Hbond substituents is 1. The molecule has 3 nitrogen and oxygen atoms in total. The van der Waals surface area contributed by atoms with Crippen LogP contribution >= 0.6 is 0 Å². The summed E-state index contributed by atoms with van der Waals surface area (Å²) in [5, 5.41) is 9.62. The highest BCUT2D eigenvalue weighted by Crippen LogP contribution is 2.14. The highest BCUT2D eigenvalue weighted by Gasteiger charge is 2.08. The van der Waals surface area contributed by atoms with Gasteiger partial charge in [0.2, 0.25) is 0 Å². The van der Waals surface area contributed by atoms with Crippen molar-refractivity contribution in [1.29, 1.82) is 0 Å². The lowest BCUT2D eigenvalue weighted by Gasteiger charge is -2.01. The molecule has 0 aliphatic heterocycles. The van der Waals surface area contributed by atoms with Gasteiger partial charge in [0.25, 0.3) is 0 Å². The highest BCUT2D eigenvalue weighted by molar-refractivity contribution is 5.92. The van der Waals surface area contributed by atoms with Gasteiger partial charge in [0.1, 0.15) is 5.75 Å². The quantitative estimate of drug-likeness (QED) is 0.626. The molecule has 0 saturated heterocycles. The van der Waals surface area contributed by atoms with Gasteiger partial charge in [-0.15, -0.1) is 0 Å². The van der Waals surface area contributed by atoms with Crippen molar-refractivity contribution in [3.05, 3.63) is 65.2 Å². The van der Waals surface area contributed by atoms with E-state index in [2.05, 4.69) is 11.8 Å². The van der Waals surface area contributed by atoms with Gasteiger partial charge >= 0.3 is 5.97 Å². The molecule has 0 radical (unpaired) electrons. The van der Waals surface area contributed by atoms with E-state index in [4.69, 9.17) is 4.74 Å². The molecule has 19 heavy (non-hydrogen) atoms. The average molecular weight is 252 g/mol. The van der Waals surface area contributed by atoms with E-state index in [1.807, 2.05) is 0 Å². The number of aromatic hydroxyl groups is 1. The minimum atomic E-state index is -0.429. The van der Waals surface area contributed by atoms with Crippen molar-refractivity contribution in [3.63, 3.8) is 0 Å². The van der Waals surface area contributed by atoms with Gasteiger partial charge < -0.3 is 9.84 Å². The fourth-order valence-electron chi connectivity index (χ4n) is 1.59. The molecule has 1 N–H and O–H groups in total. The van der Waals surface area contributed by atoms with E-state index in [0.29, 0.717) is 16.7 Å². The summed E-state index contributed by atoms with van der Waals surface area (Å²) in [6, 6.07) is 13.7. The van der Waals surface area contributed by atoms with E-state index in [0.717, 1.165) is 0 Å². The SMILES string of the molecule is COC(=O)c1ccccc1C#Cc1ccccc1O. The molecule has 0 aliphatic rings. The zero-order chi connectivity index (χ0) is 13.7. The van der Waals surface area contributed by atoms with Crippen LogP contribution in [0.1, 0.15) is 21.5 Å². The van der Waals surface area contributed by atoms with Crippen LogP contribution in [0.4, 0.5) is 0 Å². The zero-order valence-electron chi connectivity index (χ0n) is 10.4. The number of carbonyl (C=O) groups excluding carboxylic acids is 1. The Bertz CT molecular complexity index is 663. The van der Waals surface area contributed by atoms with Gasteiger partial charge in [-0.05, 0) is 24.3 Å². The smallest absolute Gasteiger partial charge is 0.339 e. The maximum Gasteiger partial charge on any atom is 0.339 e. The van der Waals surface area contributed by atoms with Crippen LogP contribution in [0.2, 0.25) is 0 Å². The highest BCUT2D eigenvalue weighted by atomic mass is 16.5. The van der Waals surface area contributed by atoms with Crippen molar-refractivity contribution in [2.75, 3.05) is 7.11 Å². The predicted octanol–water partition coefficient (Wildman–Crippen LogP) is 2.58. The van der Waals surface area contributed by atoms with E-state index < -0.39 is 5.97 Å². The van der Waals surface area contributed by atoms with E-state index >= 15 is 0 Å². The second-order valence-corrected chi connectivity index (χ2v) is 3.80. The van der Waals surface area contributed by atoms with Gasteiger partial charge in [-0.25, -0.2) is 4.79 Å². The van der Waals surface area contributed by atoms with Crippen molar-refractivity contribution in [3.8, 4) is 17.6 Å². The van der Waals surface area contributed by atoms with Gasteiger partial charge in [-0.1, -0.05) is 36.1 Å². The molecule has 2 aromatic rings. The zero-order valence-corrected chi connectivity index (χ0v) is 10.4. The first-order valence-corrected chi connectivity index (χ1v) is 5.69. The maximum atomic E-state index is 11.6. The molecule has 0 saturated carbocycles. The summed E-state index contributed by atoms with van der Waals surface area (Å²) in [6.07, 6.45) is 0. The molecule has 0 bridgehead atoms. The first-order valence-electron chi connectivity index (χ1n) is 5.69. The minimum Gasteiger partial charge on any atom is -0.507 e. The van der Waals surface area contributed by atoms with Crippen LogP contribution in [0.5, 0.6) is 5.75 Å². The Hall–Kier alpha value is -2.73. The van der Waals surface area contributed by atoms with E-state index in [9.17, 15) is 9.90 Å². The third-order valence-corrected chi connectivity index (χ3v) is 2.57. The molecular weight excluding hydrogens is 240 g/mol. The summed E-state index contributed by atoms with van der Waals surface area (Å²) < 4.78 is 4.70. The van der Waals surface area contributed by atoms with E-state index in [1.165, 1.54) is 7.11 Å². The Labute approximate surface area is 111 Å². The number of hydrogen-bond donors (Lipinski definition) is 1. The molecule has 0 atom stereocenters. The van der Waals surface area contributed by atoms with Crippen LogP contribution < -0.4 is 0 Å². The molecule has 94 valence electrons. The third-order valence-electron chi connectivity index (χ3n) is 2.57. The second-order valence-electron chi connectivity index (χ2n) is 3.80. The Morgan fingerprint density at radius 3 is 2.26 bits per heavy atom. The van der Waals surface area contributed by atoms with Gasteiger partial charge in [0.15, 0.2) is 0 Å². The molecule has 2 rings (SSSR count). The van der Waals surface area contributed by atoms with E-state index in [-0.39, 0.29) is 5.75 Å². The molecule has 0 spiro atoms. The molecule has 0 unspecified atom stereocenters. The number of phenols is 1. The van der Waals surface area contributed by atoms with Crippen molar-refractivity contribution in [2.24, 2.45) is 0 Å². The standard InChI is InChI=1S/C16H12O3/c1-19-16(18)14-8-4-2-6-12(14)10-11-13-7-3-5-9-15(13)17/h2-9,17H,1H3. The van der Waals surface area contributed by atoms with Crippen LogP contribution in [-0.4, -0.2) is 18.2 Å². The monoisotopic (exact) mass is 252 g/mol. The molecule has 0 fully saturated rings. The van der Waals surface area contributed by atoms with Crippen molar-refractivity contribution in [1.82, 2.24) is 0 Å². The summed E-state index contributed by atoms with van der Waals surface area (Å²) in [5.74, 6) is 5.40. The number of para-hydroxylation sites is 1. The summed E-state index contributed by atoms with van der Waals surface area (Å²) in [4.78, 5) is 11.6. The average Bonchev–Trinajstić information content (AvgIpc) is 2.46. The topological polar surface area (TPSA) is 46.5 Å². The van der Waals surface area contributed by atoms with Gasteiger partial charge in [0.05, 0.1) is 18.2 Å². The van der Waals surface area contributed by atoms with Gasteiger partial charge in [0, 0.05) is 5.56 Å². The van der Waals surface area contributed by atoms with Crippen LogP contribution in [0.15, 0.2) is 48.5 Å². The predicted molar refractivity (Wildman–Crippen MR) is 71.9 cm³/mol. The summed E-state index contributed by atoms with van der Waals surface area (Å²) in [7, 11) is 1.33.